The number of carbonyl (C=O) groups is 3. The average molecular weight is 516 g/mol. The van der Waals surface area contributed by atoms with Gasteiger partial charge in [-0.3, -0.25) is 14.4 Å². The van der Waals surface area contributed by atoms with Crippen molar-refractivity contribution in [3.8, 4) is 0 Å². The Bertz CT molecular complexity index is 958. The molecule has 8 heteroatoms. The summed E-state index contributed by atoms with van der Waals surface area (Å²) in [5.41, 5.74) is 0. The molecule has 1 aliphatic carbocycles. The van der Waals surface area contributed by atoms with E-state index in [1.165, 1.54) is 6.42 Å². The molecular weight excluding hydrogens is 474 g/mol. The Kier molecular flexibility index (Phi) is 7.05. The molecule has 0 aromatic rings. The summed E-state index contributed by atoms with van der Waals surface area (Å²) in [5.74, 6) is -1.31. The highest BCUT2D eigenvalue weighted by atomic mass is 32.2. The Hall–Kier alpha value is -1.80. The van der Waals surface area contributed by atoms with E-state index in [0.717, 1.165) is 32.1 Å². The molecule has 1 N–H and O–H groups in total. The van der Waals surface area contributed by atoms with Crippen LogP contribution in [0.5, 0.6) is 0 Å². The van der Waals surface area contributed by atoms with Crippen molar-refractivity contribution in [2.45, 2.75) is 93.3 Å². The molecule has 0 aromatic carbocycles. The van der Waals surface area contributed by atoms with Gasteiger partial charge in [0.15, 0.2) is 0 Å². The molecule has 198 valence electrons. The second-order valence-electron chi connectivity index (χ2n) is 11.4. The first kappa shape index (κ1) is 25.8. The number of aliphatic hydroxyl groups excluding tert-OH is 1. The Balaban J connectivity index is 1.63. The summed E-state index contributed by atoms with van der Waals surface area (Å²) in [6.07, 6.45) is 15.2. The normalized spacial score (nSPS) is 37.6. The van der Waals surface area contributed by atoms with E-state index in [2.05, 4.69) is 38.2 Å². The van der Waals surface area contributed by atoms with Gasteiger partial charge in [-0.2, -0.15) is 0 Å². The standard InChI is InChI=1S/C28H41N3O4S/c1-4-15-29-16-9-13-27(3)21(24(29)33)22-25(34)31(19(5-2)18-32)23-26(35)30(20-11-7-6-8-12-20)17-10-14-28(22,23)36-27/h9-10,13-14,19-23,32H,4-8,11-12,15-18H2,1-3H3/t19-,21-,22-,23?,27+,28-/m0/s1. The van der Waals surface area contributed by atoms with Gasteiger partial charge in [0.1, 0.15) is 6.04 Å². The summed E-state index contributed by atoms with van der Waals surface area (Å²) in [5, 5.41) is 10.3. The quantitative estimate of drug-likeness (QED) is 0.550. The van der Waals surface area contributed by atoms with Crippen LogP contribution in [0, 0.1) is 11.8 Å². The van der Waals surface area contributed by atoms with Crippen molar-refractivity contribution in [2.24, 2.45) is 11.8 Å². The maximum atomic E-state index is 14.5. The van der Waals surface area contributed by atoms with Crippen LogP contribution in [0.15, 0.2) is 24.3 Å². The van der Waals surface area contributed by atoms with E-state index in [1.807, 2.05) is 16.7 Å². The third-order valence-corrected chi connectivity index (χ3v) is 11.0. The lowest BCUT2D eigenvalue weighted by Crippen LogP contribution is -2.58. The summed E-state index contributed by atoms with van der Waals surface area (Å²) >= 11 is 1.64. The Labute approximate surface area is 219 Å². The molecule has 0 aromatic heterocycles. The van der Waals surface area contributed by atoms with Gasteiger partial charge in [-0.1, -0.05) is 57.4 Å². The monoisotopic (exact) mass is 515 g/mol. The van der Waals surface area contributed by atoms with Crippen LogP contribution in [0.4, 0.5) is 0 Å². The molecule has 6 atom stereocenters. The zero-order chi connectivity index (χ0) is 25.7. The van der Waals surface area contributed by atoms with Crippen LogP contribution in [0.25, 0.3) is 0 Å². The van der Waals surface area contributed by atoms with E-state index in [9.17, 15) is 19.5 Å². The smallest absolute Gasteiger partial charge is 0.247 e. The highest BCUT2D eigenvalue weighted by Crippen LogP contribution is 2.66. The first-order chi connectivity index (χ1) is 17.3. The zero-order valence-corrected chi connectivity index (χ0v) is 22.7. The van der Waals surface area contributed by atoms with Crippen molar-refractivity contribution in [1.29, 1.82) is 0 Å². The largest absolute Gasteiger partial charge is 0.394 e. The average Bonchev–Trinajstić information content (AvgIpc) is 3.14. The van der Waals surface area contributed by atoms with Crippen molar-refractivity contribution in [3.05, 3.63) is 24.3 Å². The first-order valence-electron chi connectivity index (χ1n) is 13.9. The number of hydrogen-bond donors (Lipinski definition) is 1. The van der Waals surface area contributed by atoms with Gasteiger partial charge >= 0.3 is 0 Å². The molecule has 3 fully saturated rings. The van der Waals surface area contributed by atoms with E-state index in [0.29, 0.717) is 26.1 Å². The third kappa shape index (κ3) is 3.77. The van der Waals surface area contributed by atoms with Crippen molar-refractivity contribution in [3.63, 3.8) is 0 Å². The number of nitrogens with zero attached hydrogens (tertiary/aromatic N) is 3. The fourth-order valence-corrected chi connectivity index (χ4v) is 9.67. The number of fused-ring (bicyclic) bond motifs is 2. The molecular formula is C28H41N3O4S. The molecule has 1 saturated carbocycles. The molecule has 4 heterocycles. The maximum absolute atomic E-state index is 14.5. The van der Waals surface area contributed by atoms with Crippen LogP contribution in [-0.4, -0.2) is 91.4 Å². The SMILES string of the molecule is CCCN1CC=C[C@@]2(C)S[C@]34C=CCN(C5CCCCC5)C(=O)C3N([C@@H](CC)CO)C(=O)[C@@H]4[C@H]2C1=O. The minimum atomic E-state index is -0.825. The van der Waals surface area contributed by atoms with E-state index in [4.69, 9.17) is 0 Å². The van der Waals surface area contributed by atoms with Gasteiger partial charge in [-0.25, -0.2) is 0 Å². The molecule has 0 bridgehead atoms. The van der Waals surface area contributed by atoms with Gasteiger partial charge in [0.2, 0.25) is 17.7 Å². The minimum Gasteiger partial charge on any atom is -0.394 e. The first-order valence-corrected chi connectivity index (χ1v) is 14.7. The van der Waals surface area contributed by atoms with Crippen molar-refractivity contribution >= 4 is 29.5 Å². The molecule has 7 nitrogen and oxygen atoms in total. The fourth-order valence-electron chi connectivity index (χ4n) is 7.53. The number of hydrogen-bond acceptors (Lipinski definition) is 5. The molecule has 4 aliphatic heterocycles. The minimum absolute atomic E-state index is 0.0101. The molecule has 1 spiro atoms. The maximum Gasteiger partial charge on any atom is 0.247 e. The molecule has 3 amide bonds. The summed E-state index contributed by atoms with van der Waals surface area (Å²) in [6.45, 7) is 7.64. The molecule has 1 unspecified atom stereocenters. The van der Waals surface area contributed by atoms with E-state index >= 15 is 0 Å². The number of amides is 3. The Morgan fingerprint density at radius 3 is 2.39 bits per heavy atom. The Morgan fingerprint density at radius 2 is 1.72 bits per heavy atom. The third-order valence-electron chi connectivity index (χ3n) is 9.19. The van der Waals surface area contributed by atoms with Gasteiger partial charge in [0.25, 0.3) is 0 Å². The van der Waals surface area contributed by atoms with Crippen LogP contribution in [0.2, 0.25) is 0 Å². The van der Waals surface area contributed by atoms with Crippen molar-refractivity contribution < 1.29 is 19.5 Å². The molecule has 0 radical (unpaired) electrons. The number of thioether (sulfide) groups is 1. The summed E-state index contributed by atoms with van der Waals surface area (Å²) in [4.78, 5) is 48.4. The predicted octanol–water partition coefficient (Wildman–Crippen LogP) is 2.98. The highest BCUT2D eigenvalue weighted by Gasteiger charge is 2.74. The summed E-state index contributed by atoms with van der Waals surface area (Å²) in [7, 11) is 0. The zero-order valence-electron chi connectivity index (χ0n) is 21.9. The lowest BCUT2D eigenvalue weighted by Gasteiger charge is -2.41. The molecule has 5 rings (SSSR count). The fraction of sp³-hybridized carbons (Fsp3) is 0.750. The van der Waals surface area contributed by atoms with Crippen LogP contribution in [0.3, 0.4) is 0 Å². The lowest BCUT2D eigenvalue weighted by atomic mass is 9.74. The van der Waals surface area contributed by atoms with Gasteiger partial charge in [0.05, 0.1) is 29.2 Å². The predicted molar refractivity (Wildman–Crippen MR) is 141 cm³/mol. The van der Waals surface area contributed by atoms with E-state index in [-0.39, 0.29) is 30.4 Å². The Morgan fingerprint density at radius 1 is 1.00 bits per heavy atom. The summed E-state index contributed by atoms with van der Waals surface area (Å²) < 4.78 is -1.40. The van der Waals surface area contributed by atoms with Gasteiger partial charge in [-0.05, 0) is 32.6 Å². The van der Waals surface area contributed by atoms with Crippen LogP contribution >= 0.6 is 11.8 Å². The number of likely N-dealkylation sites (tertiary alicyclic amines) is 1. The van der Waals surface area contributed by atoms with Gasteiger partial charge in [0, 0.05) is 30.4 Å². The van der Waals surface area contributed by atoms with Gasteiger partial charge in [-0.15, -0.1) is 11.8 Å². The second-order valence-corrected chi connectivity index (χ2v) is 13.1. The topological polar surface area (TPSA) is 81.2 Å². The number of carbonyl (C=O) groups excluding carboxylic acids is 3. The number of aliphatic hydroxyl groups is 1. The molecule has 5 aliphatic rings. The second kappa shape index (κ2) is 9.82. The van der Waals surface area contributed by atoms with Gasteiger partial charge < -0.3 is 19.8 Å². The van der Waals surface area contributed by atoms with Crippen LogP contribution in [-0.2, 0) is 14.4 Å². The summed E-state index contributed by atoms with van der Waals surface area (Å²) in [6, 6.07) is -0.962. The highest BCUT2D eigenvalue weighted by molar-refractivity contribution is 8.02. The van der Waals surface area contributed by atoms with Crippen molar-refractivity contribution in [1.82, 2.24) is 14.7 Å². The van der Waals surface area contributed by atoms with E-state index in [1.54, 1.807) is 16.7 Å². The molecule has 36 heavy (non-hydrogen) atoms. The lowest BCUT2D eigenvalue weighted by molar-refractivity contribution is -0.148. The van der Waals surface area contributed by atoms with Crippen LogP contribution < -0.4 is 0 Å². The number of rotatable bonds is 6. The van der Waals surface area contributed by atoms with Crippen molar-refractivity contribution in [2.75, 3.05) is 26.2 Å². The van der Waals surface area contributed by atoms with E-state index < -0.39 is 33.4 Å². The van der Waals surface area contributed by atoms with Crippen LogP contribution in [0.1, 0.15) is 65.7 Å². The molecule has 2 saturated heterocycles.